The van der Waals surface area contributed by atoms with Crippen LogP contribution in [-0.2, 0) is 0 Å². The van der Waals surface area contributed by atoms with Crippen molar-refractivity contribution in [2.75, 3.05) is 0 Å². The van der Waals surface area contributed by atoms with Gasteiger partial charge in [0.15, 0.2) is 24.4 Å². The Morgan fingerprint density at radius 1 is 0.650 bits per heavy atom. The van der Waals surface area contributed by atoms with Crippen molar-refractivity contribution >= 4 is 0 Å². The number of hydrogen-bond acceptors (Lipinski definition) is 0. The Kier molecular flexibility index (Phi) is 3.72. The van der Waals surface area contributed by atoms with Crippen LogP contribution in [-0.4, -0.2) is 42.5 Å². The second-order valence-electron chi connectivity index (χ2n) is 4.16. The predicted molar refractivity (Wildman–Crippen MR) is 39.1 cm³/mol. The molecule has 20 heavy (non-hydrogen) atoms. The quantitative estimate of drug-likeness (QED) is 0.588. The second kappa shape index (κ2) is 4.33. The molecule has 120 valence electrons. The summed E-state index contributed by atoms with van der Waals surface area (Å²) in [4.78, 5) is 0. The molecule has 0 aromatic rings. The lowest BCUT2D eigenvalue weighted by Crippen LogP contribution is -2.30. The third kappa shape index (κ3) is 2.52. The van der Waals surface area contributed by atoms with E-state index >= 15 is 0 Å². The van der Waals surface area contributed by atoms with Gasteiger partial charge in [-0.15, -0.1) is 0 Å². The molecular weight excluding hydrogens is 324 g/mol. The van der Waals surface area contributed by atoms with E-state index in [0.717, 1.165) is 0 Å². The van der Waals surface area contributed by atoms with Crippen LogP contribution in [0.15, 0.2) is 0 Å². The van der Waals surface area contributed by atoms with E-state index in [4.69, 9.17) is 0 Å². The summed E-state index contributed by atoms with van der Waals surface area (Å²) in [6, 6.07) is 0. The molecule has 0 amide bonds. The monoisotopic (exact) mass is 328 g/mol. The van der Waals surface area contributed by atoms with Gasteiger partial charge in [-0.3, -0.25) is 0 Å². The van der Waals surface area contributed by atoms with E-state index in [1.807, 2.05) is 0 Å². The summed E-state index contributed by atoms with van der Waals surface area (Å²) in [5, 5.41) is 0. The molecule has 0 radical (unpaired) electrons. The van der Waals surface area contributed by atoms with E-state index < -0.39 is 48.4 Å². The molecule has 2 saturated carbocycles. The minimum Gasteiger partial charge on any atom is -0.240 e. The minimum absolute atomic E-state index is 3.03. The van der Waals surface area contributed by atoms with Crippen LogP contribution in [0.1, 0.15) is 0 Å². The van der Waals surface area contributed by atoms with Crippen LogP contribution in [0.5, 0.6) is 0 Å². The van der Waals surface area contributed by atoms with E-state index in [0.29, 0.717) is 0 Å². The highest BCUT2D eigenvalue weighted by molar-refractivity contribution is 5.20. The fourth-order valence-electron chi connectivity index (χ4n) is 1.27. The van der Waals surface area contributed by atoms with Crippen LogP contribution in [0.25, 0.3) is 0 Å². The molecule has 0 aromatic carbocycles. The fourth-order valence-corrected chi connectivity index (χ4v) is 1.27. The van der Waals surface area contributed by atoms with Gasteiger partial charge in [-0.25, -0.2) is 26.3 Å². The highest BCUT2D eigenvalue weighted by Crippen LogP contribution is 2.59. The molecule has 0 aromatic heterocycles. The van der Waals surface area contributed by atoms with Gasteiger partial charge in [-0.1, -0.05) is 0 Å². The van der Waals surface area contributed by atoms with Crippen LogP contribution in [0.3, 0.4) is 0 Å². The van der Waals surface area contributed by atoms with Crippen LogP contribution < -0.4 is 0 Å². The fraction of sp³-hybridized carbons (Fsp3) is 1.00. The molecule has 2 aliphatic rings. The normalized spacial score (nSPS) is 42.6. The Hall–Kier alpha value is -0.840. The molecular formula is C8H4F12. The van der Waals surface area contributed by atoms with E-state index in [1.165, 1.54) is 0 Å². The molecule has 2 fully saturated rings. The Morgan fingerprint density at radius 3 is 0.950 bits per heavy atom. The molecule has 2 aliphatic carbocycles. The number of hydrogen-bond donors (Lipinski definition) is 0. The van der Waals surface area contributed by atoms with Crippen LogP contribution in [0.2, 0.25) is 0 Å². The largest absolute Gasteiger partial charge is 0.428 e. The summed E-state index contributed by atoms with van der Waals surface area (Å²) in [5.41, 5.74) is -4.23. The van der Waals surface area contributed by atoms with Gasteiger partial charge in [0.05, 0.1) is 0 Å². The molecule has 0 nitrogen and oxygen atoms in total. The van der Waals surface area contributed by atoms with Gasteiger partial charge in [0, 0.05) is 0 Å². The van der Waals surface area contributed by atoms with Crippen molar-refractivity contribution in [1.82, 2.24) is 0 Å². The lowest BCUT2D eigenvalue weighted by molar-refractivity contribution is -0.202. The Labute approximate surface area is 102 Å². The molecule has 0 saturated heterocycles. The van der Waals surface area contributed by atoms with Crippen molar-refractivity contribution in [3.8, 4) is 0 Å². The van der Waals surface area contributed by atoms with Gasteiger partial charge in [-0.2, -0.15) is 26.3 Å². The van der Waals surface area contributed by atoms with Crippen LogP contribution >= 0.6 is 0 Å². The first-order chi connectivity index (χ1) is 8.59. The Morgan fingerprint density at radius 2 is 0.950 bits per heavy atom. The van der Waals surface area contributed by atoms with Gasteiger partial charge in [-0.05, 0) is 0 Å². The van der Waals surface area contributed by atoms with Crippen molar-refractivity contribution in [2.24, 2.45) is 5.92 Å². The lowest BCUT2D eigenvalue weighted by atomic mass is 10.4. The molecule has 0 N–H and O–H groups in total. The maximum absolute atomic E-state index is 11.9. The highest BCUT2D eigenvalue weighted by atomic mass is 19.4. The maximum atomic E-state index is 11.9. The van der Waals surface area contributed by atoms with Crippen molar-refractivity contribution in [1.29, 1.82) is 0 Å². The Balaban J connectivity index is 0.000000200. The van der Waals surface area contributed by atoms with Crippen molar-refractivity contribution in [3.05, 3.63) is 0 Å². The van der Waals surface area contributed by atoms with Gasteiger partial charge in [0.2, 0.25) is 0 Å². The molecule has 0 aliphatic heterocycles. The van der Waals surface area contributed by atoms with E-state index in [9.17, 15) is 52.7 Å². The van der Waals surface area contributed by atoms with Gasteiger partial charge < -0.3 is 0 Å². The smallest absolute Gasteiger partial charge is 0.240 e. The average molecular weight is 328 g/mol. The number of rotatable bonds is 0. The molecule has 0 bridgehead atoms. The minimum atomic E-state index is -5.42. The molecule has 0 heterocycles. The summed E-state index contributed by atoms with van der Waals surface area (Å²) >= 11 is 0. The van der Waals surface area contributed by atoms with Crippen molar-refractivity contribution in [3.63, 3.8) is 0 Å². The van der Waals surface area contributed by atoms with E-state index in [-0.39, 0.29) is 0 Å². The van der Waals surface area contributed by atoms with Gasteiger partial charge in [0.25, 0.3) is 11.6 Å². The predicted octanol–water partition coefficient (Wildman–Crippen LogP) is 4.10. The van der Waals surface area contributed by atoms with Gasteiger partial charge in [0.1, 0.15) is 0 Å². The maximum Gasteiger partial charge on any atom is 0.428 e. The summed E-state index contributed by atoms with van der Waals surface area (Å²) < 4.78 is 137. The molecule has 12 heteroatoms. The first kappa shape index (κ1) is 17.2. The van der Waals surface area contributed by atoms with Gasteiger partial charge >= 0.3 is 12.4 Å². The van der Waals surface area contributed by atoms with Crippen molar-refractivity contribution < 1.29 is 52.7 Å². The number of alkyl halides is 12. The third-order valence-electron chi connectivity index (χ3n) is 2.70. The third-order valence-corrected chi connectivity index (χ3v) is 2.70. The summed E-state index contributed by atoms with van der Waals surface area (Å²) in [7, 11) is 0. The molecule has 4 unspecified atom stereocenters. The average Bonchev–Trinajstić information content (AvgIpc) is 2.91. The summed E-state index contributed by atoms with van der Waals surface area (Å²) in [5.74, 6) is -7.25. The van der Waals surface area contributed by atoms with Crippen LogP contribution in [0.4, 0.5) is 52.7 Å². The van der Waals surface area contributed by atoms with E-state index in [2.05, 4.69) is 0 Å². The topological polar surface area (TPSA) is 0 Å². The SMILES string of the molecule is FC1C(C(F)(F)F)C1(F)F.FC1C(F)C1(F)C(F)(F)F. The first-order valence-electron chi connectivity index (χ1n) is 4.72. The Bertz CT molecular complexity index is 349. The van der Waals surface area contributed by atoms with Crippen LogP contribution in [0, 0.1) is 5.92 Å². The molecule has 0 spiro atoms. The number of halogens is 12. The molecule has 4 atom stereocenters. The lowest BCUT2D eigenvalue weighted by Gasteiger charge is -2.08. The summed E-state index contributed by atoms with van der Waals surface area (Å²) in [6.07, 6.45) is -19.6. The zero-order valence-electron chi connectivity index (χ0n) is 8.84. The molecule has 2 rings (SSSR count). The second-order valence-corrected chi connectivity index (χ2v) is 4.16. The van der Waals surface area contributed by atoms with E-state index in [1.54, 1.807) is 0 Å². The standard InChI is InChI=1S/2C4H2F6/c5-1-2(6)3(1,7)4(8,9)10;5-2-1(3(2,6)7)4(8,9)10/h2*1-2H. The summed E-state index contributed by atoms with van der Waals surface area (Å²) in [6.45, 7) is 0. The zero-order valence-corrected chi connectivity index (χ0v) is 8.84. The van der Waals surface area contributed by atoms with Crippen molar-refractivity contribution in [2.45, 2.75) is 42.5 Å². The zero-order chi connectivity index (χ0) is 16.3. The highest BCUT2D eigenvalue weighted by Gasteiger charge is 2.83. The first-order valence-corrected chi connectivity index (χ1v) is 4.72.